The van der Waals surface area contributed by atoms with Gasteiger partial charge in [-0.25, -0.2) is 0 Å². The Hall–Kier alpha value is -0.750. The Morgan fingerprint density at radius 2 is 2.11 bits per heavy atom. The van der Waals surface area contributed by atoms with Gasteiger partial charge in [0.05, 0.1) is 0 Å². The molecule has 1 aliphatic rings. The van der Waals surface area contributed by atoms with E-state index >= 15 is 0 Å². The first-order valence-corrected chi connectivity index (χ1v) is 6.37. The van der Waals surface area contributed by atoms with E-state index in [1.165, 1.54) is 4.90 Å². The molecule has 1 unspecified atom stereocenters. The summed E-state index contributed by atoms with van der Waals surface area (Å²) in [5.41, 5.74) is 6.11. The molecule has 1 atom stereocenters. The SMILES string of the molecule is Cl.NCCN1C(=O)SC(c2cccc(Cl)c2)C1=O. The van der Waals surface area contributed by atoms with Crippen LogP contribution < -0.4 is 5.73 Å². The Kier molecular flexibility index (Phi) is 5.47. The van der Waals surface area contributed by atoms with E-state index in [1.54, 1.807) is 24.3 Å². The highest BCUT2D eigenvalue weighted by Crippen LogP contribution is 2.39. The van der Waals surface area contributed by atoms with Crippen molar-refractivity contribution in [1.29, 1.82) is 0 Å². The van der Waals surface area contributed by atoms with Crippen molar-refractivity contribution in [3.05, 3.63) is 34.9 Å². The van der Waals surface area contributed by atoms with Crippen LogP contribution >= 0.6 is 35.8 Å². The highest BCUT2D eigenvalue weighted by atomic mass is 35.5. The average Bonchev–Trinajstić information content (AvgIpc) is 2.57. The molecule has 2 N–H and O–H groups in total. The fraction of sp³-hybridized carbons (Fsp3) is 0.273. The highest BCUT2D eigenvalue weighted by Gasteiger charge is 2.39. The lowest BCUT2D eigenvalue weighted by molar-refractivity contribution is -0.126. The molecule has 0 bridgehead atoms. The summed E-state index contributed by atoms with van der Waals surface area (Å²) in [6.45, 7) is 0.544. The van der Waals surface area contributed by atoms with Crippen molar-refractivity contribution in [2.45, 2.75) is 5.25 Å². The first-order chi connectivity index (χ1) is 8.13. The monoisotopic (exact) mass is 306 g/mol. The number of nitrogens with zero attached hydrogens (tertiary/aromatic N) is 1. The maximum absolute atomic E-state index is 12.0. The van der Waals surface area contributed by atoms with Crippen LogP contribution in [0.1, 0.15) is 10.8 Å². The van der Waals surface area contributed by atoms with E-state index in [4.69, 9.17) is 17.3 Å². The fourth-order valence-corrected chi connectivity index (χ4v) is 2.88. The number of amides is 2. The van der Waals surface area contributed by atoms with Gasteiger partial charge in [-0.1, -0.05) is 23.7 Å². The summed E-state index contributed by atoms with van der Waals surface area (Å²) in [5, 5.41) is -0.182. The van der Waals surface area contributed by atoms with E-state index in [-0.39, 0.29) is 36.6 Å². The van der Waals surface area contributed by atoms with E-state index in [0.29, 0.717) is 5.02 Å². The van der Waals surface area contributed by atoms with Crippen LogP contribution in [0.25, 0.3) is 0 Å². The molecule has 0 aromatic heterocycles. The van der Waals surface area contributed by atoms with E-state index in [1.807, 2.05) is 0 Å². The minimum absolute atomic E-state index is 0. The molecule has 18 heavy (non-hydrogen) atoms. The molecule has 0 spiro atoms. The predicted molar refractivity (Wildman–Crippen MR) is 75.2 cm³/mol. The van der Waals surface area contributed by atoms with Crippen molar-refractivity contribution in [2.24, 2.45) is 5.73 Å². The van der Waals surface area contributed by atoms with Crippen LogP contribution in [0.15, 0.2) is 24.3 Å². The first-order valence-electron chi connectivity index (χ1n) is 5.11. The van der Waals surface area contributed by atoms with E-state index in [2.05, 4.69) is 0 Å². The highest BCUT2D eigenvalue weighted by molar-refractivity contribution is 8.14. The van der Waals surface area contributed by atoms with Crippen LogP contribution in [0.4, 0.5) is 4.79 Å². The molecule has 4 nitrogen and oxygen atoms in total. The molecule has 0 saturated carbocycles. The molecule has 98 valence electrons. The Morgan fingerprint density at radius 3 is 2.72 bits per heavy atom. The van der Waals surface area contributed by atoms with Gasteiger partial charge in [0.1, 0.15) is 5.25 Å². The maximum atomic E-state index is 12.0. The standard InChI is InChI=1S/C11H11ClN2O2S.ClH/c12-8-3-1-2-7(6-8)9-10(15)14(5-4-13)11(16)17-9;/h1-3,6,9H,4-5,13H2;1H. The van der Waals surface area contributed by atoms with Gasteiger partial charge in [0.25, 0.3) is 5.24 Å². The molecular weight excluding hydrogens is 295 g/mol. The van der Waals surface area contributed by atoms with Gasteiger partial charge in [-0.05, 0) is 29.5 Å². The number of halogens is 2. The third kappa shape index (κ3) is 2.98. The summed E-state index contributed by atoms with van der Waals surface area (Å²) in [7, 11) is 0. The van der Waals surface area contributed by atoms with E-state index < -0.39 is 5.25 Å². The second-order valence-corrected chi connectivity index (χ2v) is 5.09. The van der Waals surface area contributed by atoms with E-state index in [9.17, 15) is 9.59 Å². The van der Waals surface area contributed by atoms with Crippen LogP contribution in [0.3, 0.4) is 0 Å². The molecule has 0 radical (unpaired) electrons. The van der Waals surface area contributed by atoms with Crippen LogP contribution in [0.5, 0.6) is 0 Å². The normalized spacial score (nSPS) is 19.0. The van der Waals surface area contributed by atoms with Gasteiger partial charge >= 0.3 is 0 Å². The lowest BCUT2D eigenvalue weighted by Crippen LogP contribution is -2.34. The smallest absolute Gasteiger partial charge is 0.289 e. The molecule has 1 aromatic carbocycles. The second-order valence-electron chi connectivity index (χ2n) is 3.60. The van der Waals surface area contributed by atoms with E-state index in [0.717, 1.165) is 17.3 Å². The third-order valence-corrected chi connectivity index (χ3v) is 3.80. The summed E-state index contributed by atoms with van der Waals surface area (Å²) >= 11 is 6.87. The van der Waals surface area contributed by atoms with Crippen molar-refractivity contribution < 1.29 is 9.59 Å². The Morgan fingerprint density at radius 1 is 1.39 bits per heavy atom. The summed E-state index contributed by atoms with van der Waals surface area (Å²) in [5.74, 6) is -0.215. The van der Waals surface area contributed by atoms with Crippen molar-refractivity contribution in [1.82, 2.24) is 4.90 Å². The topological polar surface area (TPSA) is 63.4 Å². The van der Waals surface area contributed by atoms with Gasteiger partial charge in [-0.15, -0.1) is 12.4 Å². The largest absolute Gasteiger partial charge is 0.329 e. The molecule has 1 heterocycles. The molecule has 1 aromatic rings. The number of nitrogens with two attached hydrogens (primary N) is 1. The first kappa shape index (κ1) is 15.3. The zero-order valence-corrected chi connectivity index (χ0v) is 11.7. The molecule has 1 saturated heterocycles. The summed E-state index contributed by atoms with van der Waals surface area (Å²) in [6, 6.07) is 6.99. The number of hydrogen-bond donors (Lipinski definition) is 1. The van der Waals surface area contributed by atoms with Gasteiger partial charge in [0, 0.05) is 18.1 Å². The van der Waals surface area contributed by atoms with Crippen molar-refractivity contribution >= 4 is 46.9 Å². The molecular formula is C11H12Cl2N2O2S. The van der Waals surface area contributed by atoms with Crippen LogP contribution in [0, 0.1) is 0 Å². The minimum atomic E-state index is -0.493. The van der Waals surface area contributed by atoms with Crippen LogP contribution in [-0.2, 0) is 4.79 Å². The van der Waals surface area contributed by atoms with Crippen molar-refractivity contribution in [2.75, 3.05) is 13.1 Å². The van der Waals surface area contributed by atoms with Crippen LogP contribution in [-0.4, -0.2) is 29.1 Å². The molecule has 2 rings (SSSR count). The Labute approximate surface area is 120 Å². The molecule has 7 heteroatoms. The van der Waals surface area contributed by atoms with Gasteiger partial charge in [-0.2, -0.15) is 0 Å². The number of thioether (sulfide) groups is 1. The number of rotatable bonds is 3. The fourth-order valence-electron chi connectivity index (χ4n) is 1.66. The summed E-state index contributed by atoms with van der Waals surface area (Å²) < 4.78 is 0. The minimum Gasteiger partial charge on any atom is -0.329 e. The number of benzene rings is 1. The predicted octanol–water partition coefficient (Wildman–Crippen LogP) is 2.46. The zero-order chi connectivity index (χ0) is 12.4. The lowest BCUT2D eigenvalue weighted by atomic mass is 10.1. The number of carbonyl (C=O) groups excluding carboxylic acids is 2. The molecule has 0 aliphatic carbocycles. The van der Waals surface area contributed by atoms with Crippen molar-refractivity contribution in [3.63, 3.8) is 0 Å². The Balaban J connectivity index is 0.00000162. The second kappa shape index (κ2) is 6.43. The van der Waals surface area contributed by atoms with Crippen LogP contribution in [0.2, 0.25) is 5.02 Å². The average molecular weight is 307 g/mol. The Bertz CT molecular complexity index is 470. The molecule has 1 fully saturated rings. The maximum Gasteiger partial charge on any atom is 0.289 e. The number of imide groups is 1. The van der Waals surface area contributed by atoms with Gasteiger partial charge in [-0.3, -0.25) is 14.5 Å². The molecule has 2 amide bonds. The summed E-state index contributed by atoms with van der Waals surface area (Å²) in [4.78, 5) is 24.8. The summed E-state index contributed by atoms with van der Waals surface area (Å²) in [6.07, 6.45) is 0. The quantitative estimate of drug-likeness (QED) is 0.931. The lowest BCUT2D eigenvalue weighted by Gasteiger charge is -2.12. The van der Waals surface area contributed by atoms with Gasteiger partial charge in [0.2, 0.25) is 5.91 Å². The number of hydrogen-bond acceptors (Lipinski definition) is 4. The van der Waals surface area contributed by atoms with Crippen molar-refractivity contribution in [3.8, 4) is 0 Å². The van der Waals surface area contributed by atoms with Gasteiger partial charge < -0.3 is 5.73 Å². The molecule has 1 aliphatic heterocycles. The third-order valence-electron chi connectivity index (χ3n) is 2.43. The zero-order valence-electron chi connectivity index (χ0n) is 9.34. The number of carbonyl (C=O) groups is 2. The van der Waals surface area contributed by atoms with Gasteiger partial charge in [0.15, 0.2) is 0 Å².